The number of benzene rings is 2. The molecule has 196 valence electrons. The van der Waals surface area contributed by atoms with E-state index < -0.39 is 5.54 Å². The molecule has 0 aromatic heterocycles. The Bertz CT molecular complexity index is 1210. The first-order valence-corrected chi connectivity index (χ1v) is 13.7. The molecule has 2 aromatic carbocycles. The Morgan fingerprint density at radius 1 is 1.08 bits per heavy atom. The highest BCUT2D eigenvalue weighted by molar-refractivity contribution is 6.31. The van der Waals surface area contributed by atoms with Crippen molar-refractivity contribution >= 4 is 46.6 Å². The summed E-state index contributed by atoms with van der Waals surface area (Å²) in [7, 11) is 0. The molecule has 1 atom stereocenters. The molecule has 2 aliphatic heterocycles. The van der Waals surface area contributed by atoms with Crippen LogP contribution in [0.1, 0.15) is 50.2 Å². The highest BCUT2D eigenvalue weighted by Gasteiger charge is 2.54. The van der Waals surface area contributed by atoms with Crippen LogP contribution >= 0.6 is 23.2 Å². The Kier molecular flexibility index (Phi) is 7.48. The molecule has 1 saturated heterocycles. The third-order valence-corrected chi connectivity index (χ3v) is 8.50. The fourth-order valence-electron chi connectivity index (χ4n) is 5.88. The van der Waals surface area contributed by atoms with Crippen LogP contribution in [0.4, 0.5) is 5.69 Å². The van der Waals surface area contributed by atoms with Gasteiger partial charge in [0.05, 0.1) is 6.54 Å². The van der Waals surface area contributed by atoms with Crippen molar-refractivity contribution in [1.82, 2.24) is 15.1 Å². The van der Waals surface area contributed by atoms with Gasteiger partial charge >= 0.3 is 0 Å². The van der Waals surface area contributed by atoms with Crippen molar-refractivity contribution in [2.45, 2.75) is 63.1 Å². The number of carbonyl (C=O) groups is 3. The molecule has 7 nitrogen and oxygen atoms in total. The summed E-state index contributed by atoms with van der Waals surface area (Å²) in [5.41, 5.74) is 1.22. The zero-order valence-corrected chi connectivity index (χ0v) is 22.4. The second-order valence-corrected chi connectivity index (χ2v) is 11.2. The topological polar surface area (TPSA) is 81.8 Å². The smallest absolute Gasteiger partial charge is 0.249 e. The van der Waals surface area contributed by atoms with Crippen LogP contribution in [0, 0.1) is 0 Å². The van der Waals surface area contributed by atoms with Crippen molar-refractivity contribution in [3.8, 4) is 0 Å². The molecule has 3 aliphatic rings. The van der Waals surface area contributed by atoms with Gasteiger partial charge in [-0.15, -0.1) is 0 Å². The van der Waals surface area contributed by atoms with Gasteiger partial charge < -0.3 is 15.5 Å². The average molecular weight is 543 g/mol. The number of anilines is 1. The highest BCUT2D eigenvalue weighted by atomic mass is 35.5. The van der Waals surface area contributed by atoms with Crippen LogP contribution in [0.2, 0.25) is 10.0 Å². The van der Waals surface area contributed by atoms with E-state index in [0.717, 1.165) is 30.4 Å². The number of hydrogen-bond donors (Lipinski definition) is 2. The van der Waals surface area contributed by atoms with Gasteiger partial charge in [0.25, 0.3) is 0 Å². The van der Waals surface area contributed by atoms with Gasteiger partial charge in [0.2, 0.25) is 17.7 Å². The fourth-order valence-corrected chi connectivity index (χ4v) is 6.27. The standard InChI is InChI=1S/C28H32Cl2N4O3/c1-18(35)33-12-10-23(11-13-33)34(17-26(36)31-22-6-3-7-22)28(16-19-4-2-5-20(29)14-19)24-9-8-21(30)15-25(24)32-27(28)37/h2,4-5,8-9,14-15,22-23H,3,6-7,10-13,16-17H2,1H3,(H,31,36)(H,32,37). The zero-order valence-electron chi connectivity index (χ0n) is 20.9. The van der Waals surface area contributed by atoms with E-state index in [9.17, 15) is 14.4 Å². The summed E-state index contributed by atoms with van der Waals surface area (Å²) < 4.78 is 0. The molecule has 2 N–H and O–H groups in total. The Labute approximate surface area is 227 Å². The minimum Gasteiger partial charge on any atom is -0.352 e. The third-order valence-electron chi connectivity index (χ3n) is 8.03. The number of nitrogens with one attached hydrogen (secondary N) is 2. The highest BCUT2D eigenvalue weighted by Crippen LogP contribution is 2.46. The molecule has 2 fully saturated rings. The van der Waals surface area contributed by atoms with Gasteiger partial charge in [0, 0.05) is 59.8 Å². The van der Waals surface area contributed by atoms with Crippen LogP contribution in [0.15, 0.2) is 42.5 Å². The Morgan fingerprint density at radius 2 is 1.81 bits per heavy atom. The zero-order chi connectivity index (χ0) is 26.2. The molecule has 2 aromatic rings. The molecule has 0 bridgehead atoms. The summed E-state index contributed by atoms with van der Waals surface area (Å²) in [5, 5.41) is 7.33. The lowest BCUT2D eigenvalue weighted by Crippen LogP contribution is -2.61. The molecule has 2 heterocycles. The van der Waals surface area contributed by atoms with Crippen molar-refractivity contribution in [2.24, 2.45) is 0 Å². The monoisotopic (exact) mass is 542 g/mol. The van der Waals surface area contributed by atoms with E-state index in [-0.39, 0.29) is 36.3 Å². The number of rotatable bonds is 7. The molecule has 37 heavy (non-hydrogen) atoms. The van der Waals surface area contributed by atoms with E-state index in [0.29, 0.717) is 48.1 Å². The van der Waals surface area contributed by atoms with Crippen LogP contribution in [0.5, 0.6) is 0 Å². The largest absolute Gasteiger partial charge is 0.352 e. The average Bonchev–Trinajstić information content (AvgIpc) is 3.10. The van der Waals surface area contributed by atoms with Crippen molar-refractivity contribution in [3.63, 3.8) is 0 Å². The maximum atomic E-state index is 14.1. The van der Waals surface area contributed by atoms with E-state index in [1.165, 1.54) is 0 Å². The van der Waals surface area contributed by atoms with Crippen LogP contribution < -0.4 is 10.6 Å². The predicted octanol–water partition coefficient (Wildman–Crippen LogP) is 4.37. The first-order valence-electron chi connectivity index (χ1n) is 12.9. The molecular formula is C28H32Cl2N4O3. The molecule has 0 spiro atoms. The van der Waals surface area contributed by atoms with Gasteiger partial charge in [0.1, 0.15) is 5.54 Å². The second kappa shape index (κ2) is 10.6. The van der Waals surface area contributed by atoms with E-state index in [1.807, 2.05) is 35.2 Å². The Balaban J connectivity index is 1.58. The summed E-state index contributed by atoms with van der Waals surface area (Å²) in [5.74, 6) is -0.227. The number of amides is 3. The third kappa shape index (κ3) is 5.22. The second-order valence-electron chi connectivity index (χ2n) is 10.4. The summed E-state index contributed by atoms with van der Waals surface area (Å²) in [6.45, 7) is 2.83. The molecular weight excluding hydrogens is 511 g/mol. The van der Waals surface area contributed by atoms with Crippen LogP contribution in [0.25, 0.3) is 0 Å². The van der Waals surface area contributed by atoms with Gasteiger partial charge in [0.15, 0.2) is 0 Å². The number of piperidine rings is 1. The minimum absolute atomic E-state index is 0.0416. The molecule has 1 unspecified atom stereocenters. The lowest BCUT2D eigenvalue weighted by molar-refractivity contribution is -0.139. The first kappa shape index (κ1) is 26.0. The minimum atomic E-state index is -1.13. The predicted molar refractivity (Wildman–Crippen MR) is 145 cm³/mol. The molecule has 1 aliphatic carbocycles. The molecule has 0 radical (unpaired) electrons. The molecule has 3 amide bonds. The number of nitrogens with zero attached hydrogens (tertiary/aromatic N) is 2. The summed E-state index contributed by atoms with van der Waals surface area (Å²) in [6.07, 6.45) is 4.77. The summed E-state index contributed by atoms with van der Waals surface area (Å²) >= 11 is 12.6. The van der Waals surface area contributed by atoms with Crippen molar-refractivity contribution in [2.75, 3.05) is 25.0 Å². The quantitative estimate of drug-likeness (QED) is 0.544. The van der Waals surface area contributed by atoms with E-state index >= 15 is 0 Å². The van der Waals surface area contributed by atoms with Crippen LogP contribution in [-0.2, 0) is 26.3 Å². The van der Waals surface area contributed by atoms with Gasteiger partial charge in [-0.2, -0.15) is 0 Å². The first-order chi connectivity index (χ1) is 17.8. The maximum absolute atomic E-state index is 14.1. The van der Waals surface area contributed by atoms with Gasteiger partial charge in [-0.3, -0.25) is 19.3 Å². The lowest BCUT2D eigenvalue weighted by atomic mass is 9.80. The normalized spacial score (nSPS) is 21.9. The number of halogens is 2. The van der Waals surface area contributed by atoms with E-state index in [2.05, 4.69) is 15.5 Å². The fraction of sp³-hybridized carbons (Fsp3) is 0.464. The summed E-state index contributed by atoms with van der Waals surface area (Å²) in [4.78, 5) is 43.3. The van der Waals surface area contributed by atoms with Crippen molar-refractivity contribution in [1.29, 1.82) is 0 Å². The van der Waals surface area contributed by atoms with E-state index in [4.69, 9.17) is 23.2 Å². The van der Waals surface area contributed by atoms with Gasteiger partial charge in [-0.1, -0.05) is 41.4 Å². The maximum Gasteiger partial charge on any atom is 0.249 e. The number of likely N-dealkylation sites (tertiary alicyclic amines) is 1. The van der Waals surface area contributed by atoms with Crippen molar-refractivity contribution < 1.29 is 14.4 Å². The van der Waals surface area contributed by atoms with Crippen LogP contribution in [-0.4, -0.2) is 59.2 Å². The van der Waals surface area contributed by atoms with Crippen LogP contribution in [0.3, 0.4) is 0 Å². The van der Waals surface area contributed by atoms with E-state index in [1.54, 1.807) is 19.1 Å². The summed E-state index contributed by atoms with van der Waals surface area (Å²) in [6, 6.07) is 13.1. The van der Waals surface area contributed by atoms with Gasteiger partial charge in [-0.05, 0) is 61.9 Å². The SMILES string of the molecule is CC(=O)N1CCC(N(CC(=O)NC2CCC2)C2(Cc3cccc(Cl)c3)C(=O)Nc3cc(Cl)ccc32)CC1. The molecule has 9 heteroatoms. The van der Waals surface area contributed by atoms with Gasteiger partial charge in [-0.25, -0.2) is 0 Å². The number of fused-ring (bicyclic) bond motifs is 1. The Hall–Kier alpha value is -2.61. The number of carbonyl (C=O) groups excluding carboxylic acids is 3. The Morgan fingerprint density at radius 3 is 2.46 bits per heavy atom. The molecule has 5 rings (SSSR count). The molecule has 1 saturated carbocycles. The lowest BCUT2D eigenvalue weighted by Gasteiger charge is -2.47. The van der Waals surface area contributed by atoms with Crippen molar-refractivity contribution in [3.05, 3.63) is 63.6 Å². The number of hydrogen-bond acceptors (Lipinski definition) is 4.